The highest BCUT2D eigenvalue weighted by molar-refractivity contribution is 8.00. The third-order valence-electron chi connectivity index (χ3n) is 5.77. The van der Waals surface area contributed by atoms with Gasteiger partial charge in [-0.2, -0.15) is 4.68 Å². The standard InChI is InChI=1S/C21H27N5O3S/c1-3-16-23-21-26(24-16)20(28)18(30-21)17(13-5-7-15(8-6-13)29-4-2)25-11-9-14(10-12-25)19(22)27/h5-8,14,17-18H,3-4,9-12H2,1-2H3,(H2,22,27). The summed E-state index contributed by atoms with van der Waals surface area (Å²) in [6, 6.07) is 7.79. The van der Waals surface area contributed by atoms with Gasteiger partial charge in [0.05, 0.1) is 12.6 Å². The molecule has 2 aliphatic rings. The van der Waals surface area contributed by atoms with Crippen LogP contribution in [0.4, 0.5) is 0 Å². The van der Waals surface area contributed by atoms with Crippen LogP contribution in [-0.2, 0) is 11.2 Å². The second kappa shape index (κ2) is 8.77. The van der Waals surface area contributed by atoms with Crippen molar-refractivity contribution in [1.82, 2.24) is 19.7 Å². The minimum Gasteiger partial charge on any atom is -0.494 e. The smallest absolute Gasteiger partial charge is 0.264 e. The van der Waals surface area contributed by atoms with E-state index in [4.69, 9.17) is 10.5 Å². The number of ether oxygens (including phenoxy) is 1. The molecule has 4 rings (SSSR count). The quantitative estimate of drug-likeness (QED) is 0.720. The molecular formula is C21H27N5O3S. The van der Waals surface area contributed by atoms with Crippen LogP contribution >= 0.6 is 11.8 Å². The van der Waals surface area contributed by atoms with Crippen LogP contribution in [0.15, 0.2) is 29.4 Å². The van der Waals surface area contributed by atoms with Crippen molar-refractivity contribution < 1.29 is 14.3 Å². The number of carbonyl (C=O) groups is 2. The van der Waals surface area contributed by atoms with Crippen molar-refractivity contribution in [1.29, 1.82) is 0 Å². The molecule has 2 atom stereocenters. The number of primary amides is 1. The summed E-state index contributed by atoms with van der Waals surface area (Å²) in [5.41, 5.74) is 6.56. The average Bonchev–Trinajstić information content (AvgIpc) is 3.29. The zero-order valence-electron chi connectivity index (χ0n) is 17.3. The Morgan fingerprint density at radius 2 is 1.97 bits per heavy atom. The van der Waals surface area contributed by atoms with E-state index < -0.39 is 0 Å². The lowest BCUT2D eigenvalue weighted by atomic mass is 9.92. The SMILES string of the molecule is CCOc1ccc(C(C2Sc3nc(CC)nn3C2=O)N2CCC(C(N)=O)CC2)cc1. The number of aromatic nitrogens is 3. The van der Waals surface area contributed by atoms with Crippen LogP contribution in [0.25, 0.3) is 0 Å². The van der Waals surface area contributed by atoms with Crippen LogP contribution in [0.3, 0.4) is 0 Å². The molecule has 30 heavy (non-hydrogen) atoms. The zero-order chi connectivity index (χ0) is 21.3. The van der Waals surface area contributed by atoms with Crippen LogP contribution in [0.2, 0.25) is 0 Å². The Labute approximate surface area is 180 Å². The van der Waals surface area contributed by atoms with E-state index in [1.54, 1.807) is 0 Å². The van der Waals surface area contributed by atoms with E-state index in [2.05, 4.69) is 15.0 Å². The van der Waals surface area contributed by atoms with E-state index in [1.807, 2.05) is 38.1 Å². The predicted octanol–water partition coefficient (Wildman–Crippen LogP) is 2.29. The molecule has 2 unspecified atom stereocenters. The van der Waals surface area contributed by atoms with Crippen LogP contribution in [-0.4, -0.2) is 56.4 Å². The van der Waals surface area contributed by atoms with Crippen molar-refractivity contribution in [2.75, 3.05) is 19.7 Å². The topological polar surface area (TPSA) is 103 Å². The van der Waals surface area contributed by atoms with Gasteiger partial charge in [-0.3, -0.25) is 14.5 Å². The van der Waals surface area contributed by atoms with Gasteiger partial charge in [0.25, 0.3) is 5.91 Å². The molecule has 8 nitrogen and oxygen atoms in total. The lowest BCUT2D eigenvalue weighted by Gasteiger charge is -2.38. The molecule has 2 N–H and O–H groups in total. The summed E-state index contributed by atoms with van der Waals surface area (Å²) < 4.78 is 7.03. The van der Waals surface area contributed by atoms with Gasteiger partial charge in [0.1, 0.15) is 11.0 Å². The Morgan fingerprint density at radius 1 is 1.27 bits per heavy atom. The fraction of sp³-hybridized carbons (Fsp3) is 0.524. The number of rotatable bonds is 7. The first-order valence-corrected chi connectivity index (χ1v) is 11.3. The first-order chi connectivity index (χ1) is 14.5. The van der Waals surface area contributed by atoms with E-state index in [1.165, 1.54) is 16.4 Å². The highest BCUT2D eigenvalue weighted by atomic mass is 32.2. The molecule has 0 saturated carbocycles. The third-order valence-corrected chi connectivity index (χ3v) is 6.96. The fourth-order valence-corrected chi connectivity index (χ4v) is 5.43. The highest BCUT2D eigenvalue weighted by Crippen LogP contribution is 2.42. The summed E-state index contributed by atoms with van der Waals surface area (Å²) in [7, 11) is 0. The molecule has 1 aromatic carbocycles. The lowest BCUT2D eigenvalue weighted by Crippen LogP contribution is -2.45. The van der Waals surface area contributed by atoms with Crippen LogP contribution < -0.4 is 10.5 Å². The number of likely N-dealkylation sites (tertiary alicyclic amines) is 1. The number of piperidine rings is 1. The summed E-state index contributed by atoms with van der Waals surface area (Å²) in [6.07, 6.45) is 2.11. The Bertz CT molecular complexity index is 921. The Morgan fingerprint density at radius 3 is 2.53 bits per heavy atom. The number of carbonyl (C=O) groups excluding carboxylic acids is 2. The molecular weight excluding hydrogens is 402 g/mol. The number of benzene rings is 1. The van der Waals surface area contributed by atoms with Crippen LogP contribution in [0, 0.1) is 5.92 Å². The normalized spacial score (nSPS) is 20.9. The number of nitrogens with two attached hydrogens (primary N) is 1. The Balaban J connectivity index is 1.61. The number of hydrogen-bond donors (Lipinski definition) is 1. The highest BCUT2D eigenvalue weighted by Gasteiger charge is 2.43. The van der Waals surface area contributed by atoms with E-state index in [0.29, 0.717) is 49.9 Å². The zero-order valence-corrected chi connectivity index (χ0v) is 18.1. The van der Waals surface area contributed by atoms with Gasteiger partial charge in [-0.15, -0.1) is 5.10 Å². The van der Waals surface area contributed by atoms with E-state index in [9.17, 15) is 9.59 Å². The van der Waals surface area contributed by atoms with Crippen molar-refractivity contribution in [2.24, 2.45) is 11.7 Å². The maximum atomic E-state index is 13.2. The molecule has 9 heteroatoms. The van der Waals surface area contributed by atoms with Crippen LogP contribution in [0.5, 0.6) is 5.75 Å². The maximum Gasteiger partial charge on any atom is 0.264 e. The number of nitrogens with zero attached hydrogens (tertiary/aromatic N) is 4. The Hall–Kier alpha value is -2.39. The third kappa shape index (κ3) is 3.96. The van der Waals surface area contributed by atoms with Gasteiger partial charge in [0.2, 0.25) is 5.91 Å². The predicted molar refractivity (Wildman–Crippen MR) is 114 cm³/mol. The van der Waals surface area contributed by atoms with E-state index in [-0.39, 0.29) is 29.0 Å². The molecule has 1 fully saturated rings. The van der Waals surface area contributed by atoms with E-state index in [0.717, 1.165) is 11.3 Å². The van der Waals surface area contributed by atoms with Gasteiger partial charge in [-0.05, 0) is 50.6 Å². The number of aryl methyl sites for hydroxylation is 1. The van der Waals surface area contributed by atoms with Gasteiger partial charge in [-0.25, -0.2) is 4.98 Å². The summed E-state index contributed by atoms with van der Waals surface area (Å²) in [4.78, 5) is 31.6. The molecule has 0 aliphatic carbocycles. The first-order valence-electron chi connectivity index (χ1n) is 10.4. The molecule has 0 radical (unpaired) electrons. The molecule has 2 aliphatic heterocycles. The minimum absolute atomic E-state index is 0.0434. The second-order valence-electron chi connectivity index (χ2n) is 7.61. The Kier molecular flexibility index (Phi) is 6.10. The molecule has 2 aromatic rings. The van der Waals surface area contributed by atoms with Gasteiger partial charge in [0, 0.05) is 12.3 Å². The average molecular weight is 430 g/mol. The monoisotopic (exact) mass is 429 g/mol. The summed E-state index contributed by atoms with van der Waals surface area (Å²) in [5.74, 6) is 1.11. The number of hydrogen-bond acceptors (Lipinski definition) is 7. The molecule has 3 heterocycles. The maximum absolute atomic E-state index is 13.2. The van der Waals surface area contributed by atoms with Gasteiger partial charge < -0.3 is 10.5 Å². The van der Waals surface area contributed by atoms with Gasteiger partial charge >= 0.3 is 0 Å². The van der Waals surface area contributed by atoms with Crippen molar-refractivity contribution >= 4 is 23.6 Å². The van der Waals surface area contributed by atoms with Crippen molar-refractivity contribution in [3.63, 3.8) is 0 Å². The second-order valence-corrected chi connectivity index (χ2v) is 8.72. The molecule has 0 bridgehead atoms. The molecule has 1 amide bonds. The lowest BCUT2D eigenvalue weighted by molar-refractivity contribution is -0.123. The fourth-order valence-electron chi connectivity index (χ4n) is 4.16. The van der Waals surface area contributed by atoms with Gasteiger partial charge in [0.15, 0.2) is 11.0 Å². The summed E-state index contributed by atoms with van der Waals surface area (Å²) in [5, 5.41) is 4.69. The molecule has 1 saturated heterocycles. The largest absolute Gasteiger partial charge is 0.494 e. The number of amides is 1. The van der Waals surface area contributed by atoms with Crippen LogP contribution in [0.1, 0.15) is 48.9 Å². The molecule has 0 spiro atoms. The summed E-state index contributed by atoms with van der Waals surface area (Å²) >= 11 is 1.47. The van der Waals surface area contributed by atoms with Crippen molar-refractivity contribution in [2.45, 2.75) is 49.6 Å². The summed E-state index contributed by atoms with van der Waals surface area (Å²) in [6.45, 7) is 5.96. The molecule has 160 valence electrons. The van der Waals surface area contributed by atoms with E-state index >= 15 is 0 Å². The van der Waals surface area contributed by atoms with Crippen molar-refractivity contribution in [3.8, 4) is 5.75 Å². The number of thioether (sulfide) groups is 1. The van der Waals surface area contributed by atoms with Gasteiger partial charge in [-0.1, -0.05) is 30.8 Å². The molecule has 1 aromatic heterocycles. The minimum atomic E-state index is -0.339. The number of fused-ring (bicyclic) bond motifs is 1. The first kappa shape index (κ1) is 20.9. The van der Waals surface area contributed by atoms with Crippen molar-refractivity contribution in [3.05, 3.63) is 35.7 Å².